The molecule has 0 bridgehead atoms. The Morgan fingerprint density at radius 2 is 1.74 bits per heavy atom. The third kappa shape index (κ3) is 5.39. The zero-order chi connectivity index (χ0) is 23.5. The molecule has 0 saturated carbocycles. The molecule has 2 aliphatic rings. The maximum atomic E-state index is 12.3. The van der Waals surface area contributed by atoms with E-state index in [2.05, 4.69) is 24.1 Å². The zero-order valence-electron chi connectivity index (χ0n) is 20.7. The number of aliphatic imine (C=N–C) groups is 1. The van der Waals surface area contributed by atoms with Crippen LogP contribution < -0.4 is 9.47 Å². The third-order valence-corrected chi connectivity index (χ3v) is 6.18. The lowest BCUT2D eigenvalue weighted by molar-refractivity contribution is 0.0378. The minimum absolute atomic E-state index is 0. The number of piperidine rings is 1. The Labute approximate surface area is 208 Å². The number of halogens is 1. The van der Waals surface area contributed by atoms with Crippen molar-refractivity contribution in [2.75, 3.05) is 33.4 Å². The van der Waals surface area contributed by atoms with E-state index in [4.69, 9.17) is 19.2 Å². The molecule has 4 rings (SSSR count). The lowest BCUT2D eigenvalue weighted by atomic mass is 9.79. The standard InChI is InChI=1S/C27H34N2O4.ClH/c1-6-31-24-14-20-21(15-25(24)32-7-2)26(28-23-12-13-29(5)16-22(20)23)18-8-10-19(11-9-18)27(30)33-17(3)4;/h8-11,14-15,17,22-23H,6-7,12-13,16H2,1-5H3;1H/t22-,23-;/m0./s1. The molecule has 1 fully saturated rings. The van der Waals surface area contributed by atoms with Gasteiger partial charge in [-0.25, -0.2) is 4.79 Å². The average Bonchev–Trinajstić information content (AvgIpc) is 2.79. The van der Waals surface area contributed by atoms with Gasteiger partial charge < -0.3 is 19.1 Å². The van der Waals surface area contributed by atoms with Crippen molar-refractivity contribution in [1.29, 1.82) is 0 Å². The summed E-state index contributed by atoms with van der Waals surface area (Å²) < 4.78 is 17.2. The first-order valence-corrected chi connectivity index (χ1v) is 11.9. The van der Waals surface area contributed by atoms with Gasteiger partial charge in [0.2, 0.25) is 0 Å². The molecule has 0 unspecified atom stereocenters. The van der Waals surface area contributed by atoms with Gasteiger partial charge in [-0.3, -0.25) is 4.99 Å². The number of fused-ring (bicyclic) bond motifs is 3. The maximum absolute atomic E-state index is 12.3. The smallest absolute Gasteiger partial charge is 0.338 e. The van der Waals surface area contributed by atoms with Gasteiger partial charge in [0, 0.05) is 23.6 Å². The molecule has 2 aliphatic heterocycles. The van der Waals surface area contributed by atoms with Crippen LogP contribution in [0, 0.1) is 0 Å². The van der Waals surface area contributed by atoms with Crippen LogP contribution in [0.3, 0.4) is 0 Å². The highest BCUT2D eigenvalue weighted by molar-refractivity contribution is 6.15. The zero-order valence-corrected chi connectivity index (χ0v) is 21.5. The van der Waals surface area contributed by atoms with E-state index < -0.39 is 0 Å². The first kappa shape index (κ1) is 26.0. The van der Waals surface area contributed by atoms with Crippen molar-refractivity contribution in [2.24, 2.45) is 4.99 Å². The number of likely N-dealkylation sites (tertiary alicyclic amines) is 1. The van der Waals surface area contributed by atoms with Gasteiger partial charge in [0.15, 0.2) is 11.5 Å². The first-order valence-electron chi connectivity index (χ1n) is 11.9. The van der Waals surface area contributed by atoms with Crippen LogP contribution in [-0.4, -0.2) is 62.1 Å². The summed E-state index contributed by atoms with van der Waals surface area (Å²) in [5.41, 5.74) is 4.82. The van der Waals surface area contributed by atoms with Crippen LogP contribution in [0.2, 0.25) is 0 Å². The number of hydrogen-bond donors (Lipinski definition) is 0. The van der Waals surface area contributed by atoms with Crippen molar-refractivity contribution in [3.63, 3.8) is 0 Å². The summed E-state index contributed by atoms with van der Waals surface area (Å²) in [6, 6.07) is 12.0. The molecule has 34 heavy (non-hydrogen) atoms. The van der Waals surface area contributed by atoms with Crippen LogP contribution in [0.15, 0.2) is 41.4 Å². The fourth-order valence-corrected chi connectivity index (χ4v) is 4.70. The van der Waals surface area contributed by atoms with Crippen molar-refractivity contribution in [2.45, 2.75) is 52.2 Å². The topological polar surface area (TPSA) is 60.4 Å². The molecule has 184 valence electrons. The molecule has 2 aromatic carbocycles. The molecule has 0 radical (unpaired) electrons. The molecule has 0 amide bonds. The van der Waals surface area contributed by atoms with Crippen molar-refractivity contribution in [1.82, 2.24) is 4.90 Å². The van der Waals surface area contributed by atoms with Gasteiger partial charge in [-0.15, -0.1) is 12.4 Å². The molecule has 2 heterocycles. The van der Waals surface area contributed by atoms with Gasteiger partial charge in [0.05, 0.1) is 36.6 Å². The number of nitrogens with zero attached hydrogens (tertiary/aromatic N) is 2. The molecule has 0 aromatic heterocycles. The van der Waals surface area contributed by atoms with Gasteiger partial charge in [0.25, 0.3) is 0 Å². The molecule has 6 nitrogen and oxygen atoms in total. The highest BCUT2D eigenvalue weighted by atomic mass is 35.5. The van der Waals surface area contributed by atoms with Crippen molar-refractivity contribution in [3.8, 4) is 11.5 Å². The van der Waals surface area contributed by atoms with Gasteiger partial charge >= 0.3 is 5.97 Å². The third-order valence-electron chi connectivity index (χ3n) is 6.18. The van der Waals surface area contributed by atoms with E-state index in [1.165, 1.54) is 5.56 Å². The SMILES string of the molecule is CCOc1cc2c(cc1OCC)[C@@H]1CN(C)CC[C@@H]1N=C2c1ccc(C(=O)OC(C)C)cc1.Cl. The lowest BCUT2D eigenvalue weighted by Gasteiger charge is -2.39. The van der Waals surface area contributed by atoms with E-state index in [1.807, 2.05) is 52.0 Å². The fourth-order valence-electron chi connectivity index (χ4n) is 4.70. The minimum Gasteiger partial charge on any atom is -0.490 e. The summed E-state index contributed by atoms with van der Waals surface area (Å²) in [6.45, 7) is 10.8. The monoisotopic (exact) mass is 486 g/mol. The quantitative estimate of drug-likeness (QED) is 0.509. The molecule has 0 aliphatic carbocycles. The number of carbonyl (C=O) groups is 1. The molecule has 2 atom stereocenters. The summed E-state index contributed by atoms with van der Waals surface area (Å²) in [6.07, 6.45) is 0.866. The normalized spacial score (nSPS) is 19.4. The Morgan fingerprint density at radius 3 is 2.35 bits per heavy atom. The second-order valence-electron chi connectivity index (χ2n) is 8.99. The average molecular weight is 487 g/mol. The van der Waals surface area contributed by atoms with Crippen LogP contribution >= 0.6 is 12.4 Å². The molecule has 2 aromatic rings. The number of esters is 1. The largest absolute Gasteiger partial charge is 0.490 e. The minimum atomic E-state index is -0.307. The number of benzene rings is 2. The van der Waals surface area contributed by atoms with Crippen molar-refractivity contribution >= 4 is 24.1 Å². The van der Waals surface area contributed by atoms with E-state index in [-0.39, 0.29) is 30.5 Å². The second kappa shape index (κ2) is 11.2. The van der Waals surface area contributed by atoms with Crippen LogP contribution in [-0.2, 0) is 4.74 Å². The molecule has 0 spiro atoms. The van der Waals surface area contributed by atoms with Gasteiger partial charge in [-0.1, -0.05) is 12.1 Å². The maximum Gasteiger partial charge on any atom is 0.338 e. The van der Waals surface area contributed by atoms with Crippen LogP contribution in [0.1, 0.15) is 67.1 Å². The highest BCUT2D eigenvalue weighted by Gasteiger charge is 2.36. The summed E-state index contributed by atoms with van der Waals surface area (Å²) in [5.74, 6) is 1.54. The Kier molecular flexibility index (Phi) is 8.61. The Hall–Kier alpha value is -2.57. The molecular formula is C27H35ClN2O4. The Balaban J connectivity index is 0.00000324. The molecular weight excluding hydrogens is 452 g/mol. The molecule has 1 saturated heterocycles. The Morgan fingerprint density at radius 1 is 1.09 bits per heavy atom. The predicted molar refractivity (Wildman–Crippen MR) is 137 cm³/mol. The van der Waals surface area contributed by atoms with E-state index >= 15 is 0 Å². The van der Waals surface area contributed by atoms with E-state index in [1.54, 1.807) is 0 Å². The fraction of sp³-hybridized carbons (Fsp3) is 0.481. The van der Waals surface area contributed by atoms with E-state index in [0.29, 0.717) is 24.7 Å². The van der Waals surface area contributed by atoms with E-state index in [9.17, 15) is 4.79 Å². The van der Waals surface area contributed by atoms with Gasteiger partial charge in [0.1, 0.15) is 0 Å². The number of ether oxygens (including phenoxy) is 3. The predicted octanol–water partition coefficient (Wildman–Crippen LogP) is 5.11. The molecule has 0 N–H and O–H groups in total. The van der Waals surface area contributed by atoms with Gasteiger partial charge in [-0.05, 0) is 77.5 Å². The van der Waals surface area contributed by atoms with Crippen LogP contribution in [0.25, 0.3) is 0 Å². The van der Waals surface area contributed by atoms with Crippen LogP contribution in [0.5, 0.6) is 11.5 Å². The highest BCUT2D eigenvalue weighted by Crippen LogP contribution is 2.42. The summed E-state index contributed by atoms with van der Waals surface area (Å²) in [5, 5.41) is 0. The molecule has 7 heteroatoms. The second-order valence-corrected chi connectivity index (χ2v) is 8.99. The number of rotatable bonds is 7. The number of carbonyl (C=O) groups excluding carboxylic acids is 1. The Bertz CT molecular complexity index is 1040. The van der Waals surface area contributed by atoms with Crippen molar-refractivity contribution < 1.29 is 19.0 Å². The number of likely N-dealkylation sites (N-methyl/N-ethyl adjacent to an activating group) is 1. The summed E-state index contributed by atoms with van der Waals surface area (Å²) in [4.78, 5) is 19.9. The van der Waals surface area contributed by atoms with E-state index in [0.717, 1.165) is 47.8 Å². The van der Waals surface area contributed by atoms with Crippen LogP contribution in [0.4, 0.5) is 0 Å². The lowest BCUT2D eigenvalue weighted by Crippen LogP contribution is -2.41. The van der Waals surface area contributed by atoms with Crippen molar-refractivity contribution in [3.05, 3.63) is 58.7 Å². The summed E-state index contributed by atoms with van der Waals surface area (Å²) in [7, 11) is 2.17. The number of hydrogen-bond acceptors (Lipinski definition) is 6. The first-order chi connectivity index (χ1) is 15.9. The van der Waals surface area contributed by atoms with Gasteiger partial charge in [-0.2, -0.15) is 0 Å². The summed E-state index contributed by atoms with van der Waals surface area (Å²) >= 11 is 0.